The van der Waals surface area contributed by atoms with E-state index in [0.29, 0.717) is 20.6 Å². The number of hydrogen-bond donors (Lipinski definition) is 0. The third-order valence-electron chi connectivity index (χ3n) is 2.27. The molecule has 0 aliphatic carbocycles. The van der Waals surface area contributed by atoms with Crippen LogP contribution in [0.4, 0.5) is 0 Å². The van der Waals surface area contributed by atoms with Gasteiger partial charge in [0.1, 0.15) is 0 Å². The molecule has 6 heteroatoms. The van der Waals surface area contributed by atoms with Gasteiger partial charge in [0, 0.05) is 23.9 Å². The molecule has 0 saturated heterocycles. The summed E-state index contributed by atoms with van der Waals surface area (Å²) in [6.07, 6.45) is 0. The number of benzene rings is 2. The van der Waals surface area contributed by atoms with Crippen molar-refractivity contribution in [3.8, 4) is 0 Å². The summed E-state index contributed by atoms with van der Waals surface area (Å²) < 4.78 is 0. The molecule has 19 heavy (non-hydrogen) atoms. The van der Waals surface area contributed by atoms with Crippen molar-refractivity contribution in [3.05, 3.63) is 63.1 Å². The molecule has 1 radical (unpaired) electrons. The van der Waals surface area contributed by atoms with Gasteiger partial charge in [-0.3, -0.25) is 4.79 Å². The number of carbonyl (C=O) groups is 1. The van der Waals surface area contributed by atoms with E-state index in [-0.39, 0.29) is 33.0 Å². The molecule has 2 rings (SSSR count). The van der Waals surface area contributed by atoms with Gasteiger partial charge in [0.15, 0.2) is 5.52 Å². The Morgan fingerprint density at radius 3 is 2.00 bits per heavy atom. The minimum atomic E-state index is -0.0899. The van der Waals surface area contributed by atoms with Crippen LogP contribution in [-0.4, -0.2) is 24.4 Å². The van der Waals surface area contributed by atoms with Crippen LogP contribution in [0.5, 0.6) is 0 Å². The van der Waals surface area contributed by atoms with E-state index in [1.165, 1.54) is 12.1 Å². The van der Waals surface area contributed by atoms with Gasteiger partial charge in [-0.25, -0.2) is 0 Å². The zero-order chi connectivity index (χ0) is 13.1. The fraction of sp³-hybridized carbons (Fsp3) is 0. The fourth-order valence-electron chi connectivity index (χ4n) is 1.47. The van der Waals surface area contributed by atoms with Crippen LogP contribution in [0.25, 0.3) is 0 Å². The van der Waals surface area contributed by atoms with Crippen LogP contribution < -0.4 is 5.30 Å². The SMILES string of the molecule is O=C(Pc1ccccc1)c1c(Cl)cc(Cl)cc1Cl.[Li]. The minimum absolute atomic E-state index is 0. The molecule has 0 aliphatic heterocycles. The number of halogens is 3. The van der Waals surface area contributed by atoms with E-state index in [1.807, 2.05) is 30.3 Å². The zero-order valence-electron chi connectivity index (χ0n) is 10.1. The van der Waals surface area contributed by atoms with Gasteiger partial charge in [-0.05, 0) is 26.0 Å². The molecule has 1 unspecified atom stereocenters. The zero-order valence-corrected chi connectivity index (χ0v) is 13.4. The molecule has 0 heterocycles. The molecule has 1 atom stereocenters. The van der Waals surface area contributed by atoms with Crippen molar-refractivity contribution in [3.63, 3.8) is 0 Å². The van der Waals surface area contributed by atoms with Gasteiger partial charge in [-0.2, -0.15) is 0 Å². The average Bonchev–Trinajstić information content (AvgIpc) is 2.28. The largest absolute Gasteiger partial charge is 0.289 e. The molecular weight excluding hydrogens is 316 g/mol. The second-order valence-corrected chi connectivity index (χ2v) is 6.10. The summed E-state index contributed by atoms with van der Waals surface area (Å²) in [7, 11) is -0.00562. The first kappa shape index (κ1) is 17.1. The fourth-order valence-corrected chi connectivity index (χ4v) is 3.64. The maximum atomic E-state index is 12.2. The average molecular weight is 324 g/mol. The van der Waals surface area contributed by atoms with Gasteiger partial charge >= 0.3 is 0 Å². The summed E-state index contributed by atoms with van der Waals surface area (Å²) in [5.74, 6) is 0. The van der Waals surface area contributed by atoms with Crippen LogP contribution >= 0.6 is 43.4 Å². The van der Waals surface area contributed by atoms with Crippen molar-refractivity contribution >= 4 is 73.1 Å². The van der Waals surface area contributed by atoms with Crippen molar-refractivity contribution in [2.24, 2.45) is 0 Å². The second-order valence-electron chi connectivity index (χ2n) is 3.56. The van der Waals surface area contributed by atoms with E-state index in [0.717, 1.165) is 5.30 Å². The van der Waals surface area contributed by atoms with Crippen LogP contribution in [0.2, 0.25) is 15.1 Å². The second kappa shape index (κ2) is 7.70. The van der Waals surface area contributed by atoms with Crippen molar-refractivity contribution < 1.29 is 4.79 Å². The molecule has 0 amide bonds. The van der Waals surface area contributed by atoms with E-state index < -0.39 is 0 Å². The minimum Gasteiger partial charge on any atom is -0.289 e. The van der Waals surface area contributed by atoms with Crippen molar-refractivity contribution in [2.45, 2.75) is 0 Å². The maximum absolute atomic E-state index is 12.2. The summed E-state index contributed by atoms with van der Waals surface area (Å²) in [5, 5.41) is 1.95. The molecule has 0 aliphatic rings. The number of carbonyl (C=O) groups excluding carboxylic acids is 1. The van der Waals surface area contributed by atoms with Crippen LogP contribution in [0.3, 0.4) is 0 Å². The third-order valence-corrected chi connectivity index (χ3v) is 4.18. The van der Waals surface area contributed by atoms with E-state index in [9.17, 15) is 4.79 Å². The van der Waals surface area contributed by atoms with Gasteiger partial charge in [-0.15, -0.1) is 0 Å². The molecule has 0 saturated carbocycles. The molecule has 2 aromatic carbocycles. The van der Waals surface area contributed by atoms with Crippen molar-refractivity contribution in [1.82, 2.24) is 0 Å². The molecule has 0 fully saturated rings. The summed E-state index contributed by atoms with van der Waals surface area (Å²) in [6.45, 7) is 0. The monoisotopic (exact) mass is 323 g/mol. The topological polar surface area (TPSA) is 17.1 Å². The van der Waals surface area contributed by atoms with Crippen LogP contribution in [0.15, 0.2) is 42.5 Å². The van der Waals surface area contributed by atoms with Crippen LogP contribution in [-0.2, 0) is 0 Å². The quantitative estimate of drug-likeness (QED) is 0.604. The Morgan fingerprint density at radius 1 is 0.947 bits per heavy atom. The van der Waals surface area contributed by atoms with Crippen molar-refractivity contribution in [1.29, 1.82) is 0 Å². The first-order valence-electron chi connectivity index (χ1n) is 5.09. The predicted octanol–water partition coefficient (Wildman–Crippen LogP) is 4.41. The summed E-state index contributed by atoms with van der Waals surface area (Å²) in [6, 6.07) is 12.5. The van der Waals surface area contributed by atoms with Gasteiger partial charge in [-0.1, -0.05) is 65.1 Å². The number of hydrogen-bond acceptors (Lipinski definition) is 1. The molecule has 0 N–H and O–H groups in total. The van der Waals surface area contributed by atoms with E-state index in [2.05, 4.69) is 0 Å². The molecular formula is C13H8Cl3LiOP. The van der Waals surface area contributed by atoms with Gasteiger partial charge in [0.25, 0.3) is 0 Å². The van der Waals surface area contributed by atoms with Gasteiger partial charge in [0.05, 0.1) is 15.6 Å². The third kappa shape index (κ3) is 4.50. The Bertz CT molecular complexity index is 567. The summed E-state index contributed by atoms with van der Waals surface area (Å²) in [4.78, 5) is 12.2. The van der Waals surface area contributed by atoms with E-state index in [4.69, 9.17) is 34.8 Å². The molecule has 0 bridgehead atoms. The Hall–Kier alpha value is 0.00740. The van der Waals surface area contributed by atoms with Crippen molar-refractivity contribution in [2.75, 3.05) is 0 Å². The Morgan fingerprint density at radius 2 is 1.47 bits per heavy atom. The Kier molecular flexibility index (Phi) is 6.91. The predicted molar refractivity (Wildman–Crippen MR) is 85.9 cm³/mol. The summed E-state index contributed by atoms with van der Waals surface area (Å²) in [5.41, 5.74) is 0.248. The standard InChI is InChI=1S/C13H8Cl3OP.Li/c14-8-6-10(15)12(11(16)7-8)13(17)18-9-4-2-1-3-5-9;/h1-7,18H;. The molecule has 93 valence electrons. The van der Waals surface area contributed by atoms with Gasteiger partial charge < -0.3 is 0 Å². The molecule has 1 nitrogen and oxygen atoms in total. The Labute approximate surface area is 140 Å². The van der Waals surface area contributed by atoms with Crippen LogP contribution in [0, 0.1) is 0 Å². The smallest absolute Gasteiger partial charge is 0.188 e. The van der Waals surface area contributed by atoms with E-state index in [1.54, 1.807) is 0 Å². The maximum Gasteiger partial charge on any atom is 0.188 e. The van der Waals surface area contributed by atoms with E-state index >= 15 is 0 Å². The van der Waals surface area contributed by atoms with Gasteiger partial charge in [0.2, 0.25) is 0 Å². The summed E-state index contributed by atoms with van der Waals surface area (Å²) >= 11 is 17.8. The molecule has 2 aromatic rings. The molecule has 0 aromatic heterocycles. The Balaban J connectivity index is 0.00000180. The normalized spacial score (nSPS) is 10.5. The number of rotatable bonds is 3. The van der Waals surface area contributed by atoms with Crippen LogP contribution in [0.1, 0.15) is 10.4 Å². The molecule has 0 spiro atoms. The first-order valence-corrected chi connectivity index (χ1v) is 7.22. The first-order chi connectivity index (χ1) is 8.58.